The van der Waals surface area contributed by atoms with E-state index in [1.54, 1.807) is 6.08 Å². The minimum Gasteiger partial charge on any atom is -0.490 e. The van der Waals surface area contributed by atoms with Gasteiger partial charge in [0.05, 0.1) is 12.2 Å². The lowest BCUT2D eigenvalue weighted by atomic mass is 10.1. The van der Waals surface area contributed by atoms with Crippen LogP contribution < -0.4 is 0 Å². The molecule has 1 aliphatic heterocycles. The molecule has 0 aromatic heterocycles. The predicted octanol–water partition coefficient (Wildman–Crippen LogP) is 3.36. The minimum atomic E-state index is -0.222. The lowest BCUT2D eigenvalue weighted by molar-refractivity contribution is -0.139. The highest BCUT2D eigenvalue weighted by Gasteiger charge is 2.25. The number of unbranched alkanes of at least 4 members (excludes halogenated alkanes) is 1. The van der Waals surface area contributed by atoms with Gasteiger partial charge >= 0.3 is 5.97 Å². The third kappa shape index (κ3) is 3.91. The predicted molar refractivity (Wildman–Crippen MR) is 67.5 cm³/mol. The van der Waals surface area contributed by atoms with Crippen molar-refractivity contribution in [1.29, 1.82) is 0 Å². The number of allylic oxidation sites excluding steroid dienone is 1. The monoisotopic (exact) mass is 238 g/mol. The minimum absolute atomic E-state index is 0.0519. The van der Waals surface area contributed by atoms with E-state index in [2.05, 4.69) is 13.5 Å². The first-order valence-electron chi connectivity index (χ1n) is 6.41. The quantitative estimate of drug-likeness (QED) is 0.404. The van der Waals surface area contributed by atoms with Crippen LogP contribution in [-0.2, 0) is 14.3 Å². The summed E-state index contributed by atoms with van der Waals surface area (Å²) >= 11 is 0. The van der Waals surface area contributed by atoms with Crippen LogP contribution in [0.15, 0.2) is 24.0 Å². The highest BCUT2D eigenvalue weighted by Crippen LogP contribution is 2.29. The molecule has 1 heterocycles. The molecule has 1 saturated heterocycles. The Balaban J connectivity index is 2.77. The average molecular weight is 238 g/mol. The maximum absolute atomic E-state index is 11.8. The average Bonchev–Trinajstić information content (AvgIpc) is 2.78. The van der Waals surface area contributed by atoms with E-state index in [1.807, 2.05) is 6.92 Å². The van der Waals surface area contributed by atoms with Gasteiger partial charge in [-0.2, -0.15) is 0 Å². The van der Waals surface area contributed by atoms with E-state index in [0.29, 0.717) is 6.61 Å². The van der Waals surface area contributed by atoms with Gasteiger partial charge in [0.15, 0.2) is 0 Å². The Labute approximate surface area is 103 Å². The van der Waals surface area contributed by atoms with Gasteiger partial charge in [-0.15, -0.1) is 0 Å². The maximum atomic E-state index is 11.8. The van der Waals surface area contributed by atoms with Gasteiger partial charge in [-0.3, -0.25) is 0 Å². The Bertz CT molecular complexity index is 305. The van der Waals surface area contributed by atoms with Crippen molar-refractivity contribution in [1.82, 2.24) is 0 Å². The number of esters is 1. The van der Waals surface area contributed by atoms with E-state index in [4.69, 9.17) is 9.47 Å². The van der Waals surface area contributed by atoms with Gasteiger partial charge in [0.25, 0.3) is 0 Å². The molecule has 1 aliphatic rings. The number of carbonyl (C=O) groups is 1. The van der Waals surface area contributed by atoms with Gasteiger partial charge in [0, 0.05) is 6.42 Å². The summed E-state index contributed by atoms with van der Waals surface area (Å²) in [6.45, 7) is 8.05. The second kappa shape index (κ2) is 7.15. The lowest BCUT2D eigenvalue weighted by Gasteiger charge is -2.11. The molecule has 0 amide bonds. The van der Waals surface area contributed by atoms with Gasteiger partial charge in [0.2, 0.25) is 0 Å². The van der Waals surface area contributed by atoms with Crippen LogP contribution in [0.5, 0.6) is 0 Å². The first-order chi connectivity index (χ1) is 8.22. The van der Waals surface area contributed by atoms with Crippen molar-refractivity contribution in [3.8, 4) is 0 Å². The Kier molecular flexibility index (Phi) is 5.81. The van der Waals surface area contributed by atoms with E-state index in [0.717, 1.165) is 43.4 Å². The van der Waals surface area contributed by atoms with Crippen LogP contribution in [0, 0.1) is 0 Å². The lowest BCUT2D eigenvalue weighted by Crippen LogP contribution is -2.11. The maximum Gasteiger partial charge on any atom is 0.337 e. The molecule has 0 aliphatic carbocycles. The van der Waals surface area contributed by atoms with Crippen LogP contribution in [0.2, 0.25) is 0 Å². The third-order valence-electron chi connectivity index (χ3n) is 2.85. The van der Waals surface area contributed by atoms with E-state index < -0.39 is 0 Å². The summed E-state index contributed by atoms with van der Waals surface area (Å²) in [4.78, 5) is 11.8. The normalized spacial score (nSPS) is 21.9. The summed E-state index contributed by atoms with van der Waals surface area (Å²) in [5.74, 6) is 0.586. The number of rotatable bonds is 6. The highest BCUT2D eigenvalue weighted by atomic mass is 16.5. The summed E-state index contributed by atoms with van der Waals surface area (Å²) in [6, 6.07) is 0. The molecular weight excluding hydrogens is 216 g/mol. The summed E-state index contributed by atoms with van der Waals surface area (Å²) in [6.07, 6.45) is 6.35. The summed E-state index contributed by atoms with van der Waals surface area (Å²) in [5, 5.41) is 0. The van der Waals surface area contributed by atoms with Crippen molar-refractivity contribution in [2.75, 3.05) is 6.61 Å². The van der Waals surface area contributed by atoms with Crippen molar-refractivity contribution < 1.29 is 14.3 Å². The Hall–Kier alpha value is -1.25. The Morgan fingerprint density at radius 2 is 2.35 bits per heavy atom. The number of hydrogen-bond donors (Lipinski definition) is 0. The standard InChI is InChI=1S/C14H22O3/c1-4-7-8-12(14(15)16-6-3)13-10-9-11(5-2)17-13/h5,11H,2,4,6-10H2,1,3H3/b13-12+. The SMILES string of the molecule is C=CC1CC/C(=C(/CCCC)C(=O)OCC)O1. The van der Waals surface area contributed by atoms with Gasteiger partial charge in [0.1, 0.15) is 11.9 Å². The molecule has 0 saturated carbocycles. The molecule has 1 fully saturated rings. The van der Waals surface area contributed by atoms with E-state index in [1.165, 1.54) is 0 Å². The fraction of sp³-hybridized carbons (Fsp3) is 0.643. The molecule has 96 valence electrons. The van der Waals surface area contributed by atoms with Gasteiger partial charge in [-0.1, -0.05) is 26.0 Å². The molecule has 3 heteroatoms. The molecule has 0 radical (unpaired) electrons. The molecule has 1 unspecified atom stereocenters. The second-order valence-electron chi connectivity index (χ2n) is 4.16. The molecule has 0 N–H and O–H groups in total. The largest absolute Gasteiger partial charge is 0.490 e. The molecule has 0 bridgehead atoms. The first-order valence-corrected chi connectivity index (χ1v) is 6.41. The third-order valence-corrected chi connectivity index (χ3v) is 2.85. The van der Waals surface area contributed by atoms with Crippen molar-refractivity contribution in [2.45, 2.75) is 52.1 Å². The van der Waals surface area contributed by atoms with Crippen molar-refractivity contribution in [3.05, 3.63) is 24.0 Å². The zero-order valence-electron chi connectivity index (χ0n) is 10.8. The smallest absolute Gasteiger partial charge is 0.337 e. The molecule has 0 aromatic carbocycles. The summed E-state index contributed by atoms with van der Waals surface area (Å²) in [5.41, 5.74) is 0.720. The number of ether oxygens (including phenoxy) is 2. The van der Waals surface area contributed by atoms with Crippen LogP contribution in [0.3, 0.4) is 0 Å². The van der Waals surface area contributed by atoms with Gasteiger partial charge < -0.3 is 9.47 Å². The fourth-order valence-electron chi connectivity index (χ4n) is 1.89. The zero-order valence-corrected chi connectivity index (χ0v) is 10.8. The number of hydrogen-bond acceptors (Lipinski definition) is 3. The summed E-state index contributed by atoms with van der Waals surface area (Å²) < 4.78 is 10.8. The van der Waals surface area contributed by atoms with Gasteiger partial charge in [-0.05, 0) is 26.2 Å². The fourth-order valence-corrected chi connectivity index (χ4v) is 1.89. The first kappa shape index (κ1) is 13.8. The van der Waals surface area contributed by atoms with Crippen molar-refractivity contribution in [2.24, 2.45) is 0 Å². The molecule has 3 nitrogen and oxygen atoms in total. The van der Waals surface area contributed by atoms with E-state index in [9.17, 15) is 4.79 Å². The van der Waals surface area contributed by atoms with Crippen molar-refractivity contribution in [3.63, 3.8) is 0 Å². The molecule has 0 spiro atoms. The second-order valence-corrected chi connectivity index (χ2v) is 4.16. The Morgan fingerprint density at radius 3 is 2.88 bits per heavy atom. The van der Waals surface area contributed by atoms with E-state index in [-0.39, 0.29) is 12.1 Å². The van der Waals surface area contributed by atoms with Crippen LogP contribution in [0.25, 0.3) is 0 Å². The topological polar surface area (TPSA) is 35.5 Å². The molecule has 1 atom stereocenters. The van der Waals surface area contributed by atoms with Crippen molar-refractivity contribution >= 4 is 5.97 Å². The van der Waals surface area contributed by atoms with Crippen LogP contribution in [0.1, 0.15) is 46.0 Å². The van der Waals surface area contributed by atoms with E-state index >= 15 is 0 Å². The molecule has 0 aromatic rings. The highest BCUT2D eigenvalue weighted by molar-refractivity contribution is 5.89. The molecule has 17 heavy (non-hydrogen) atoms. The Morgan fingerprint density at radius 1 is 1.59 bits per heavy atom. The summed E-state index contributed by atoms with van der Waals surface area (Å²) in [7, 11) is 0. The molecule has 1 rings (SSSR count). The van der Waals surface area contributed by atoms with Crippen LogP contribution in [0.4, 0.5) is 0 Å². The zero-order chi connectivity index (χ0) is 12.7. The van der Waals surface area contributed by atoms with Gasteiger partial charge in [-0.25, -0.2) is 4.79 Å². The van der Waals surface area contributed by atoms with Crippen LogP contribution in [-0.4, -0.2) is 18.7 Å². The molecular formula is C14H22O3. The number of carbonyl (C=O) groups excluding carboxylic acids is 1. The van der Waals surface area contributed by atoms with Crippen LogP contribution >= 0.6 is 0 Å².